The third-order valence-corrected chi connectivity index (χ3v) is 3.49. The zero-order chi connectivity index (χ0) is 12.1. The predicted octanol–water partition coefficient (Wildman–Crippen LogP) is 1.72. The van der Waals surface area contributed by atoms with Crippen molar-refractivity contribution in [3.63, 3.8) is 0 Å². The average molecular weight is 243 g/mol. The summed E-state index contributed by atoms with van der Waals surface area (Å²) >= 11 is 1.62. The molecule has 0 bridgehead atoms. The Labute approximate surface area is 99.1 Å². The van der Waals surface area contributed by atoms with Gasteiger partial charge in [-0.2, -0.15) is 0 Å². The number of carboxylic acids is 1. The largest absolute Gasteiger partial charge is 0.481 e. The van der Waals surface area contributed by atoms with Gasteiger partial charge in [-0.1, -0.05) is 0 Å². The number of hydrogen-bond acceptors (Lipinski definition) is 4. The first kappa shape index (κ1) is 13.0. The van der Waals surface area contributed by atoms with E-state index in [0.29, 0.717) is 13.0 Å². The number of aliphatic hydroxyl groups is 1. The van der Waals surface area contributed by atoms with Crippen molar-refractivity contribution < 1.29 is 15.0 Å². The Morgan fingerprint density at radius 3 is 2.81 bits per heavy atom. The van der Waals surface area contributed by atoms with Crippen LogP contribution in [0.3, 0.4) is 0 Å². The molecule has 0 saturated heterocycles. The van der Waals surface area contributed by atoms with Crippen molar-refractivity contribution in [2.75, 3.05) is 18.5 Å². The average Bonchev–Trinajstić information content (AvgIpc) is 2.61. The molecule has 0 aliphatic rings. The molecule has 5 heteroatoms. The monoisotopic (exact) mass is 243 g/mol. The number of aryl methyl sites for hydroxylation is 1. The van der Waals surface area contributed by atoms with Crippen molar-refractivity contribution in [1.29, 1.82) is 0 Å². The minimum atomic E-state index is -0.867. The zero-order valence-electron chi connectivity index (χ0n) is 9.51. The second kappa shape index (κ2) is 5.86. The fourth-order valence-electron chi connectivity index (χ4n) is 1.54. The molecule has 1 heterocycles. The SMILES string of the molecule is Cc1ccsc1N(C)CC(O)CCC(=O)O. The maximum atomic E-state index is 10.3. The third-order valence-electron chi connectivity index (χ3n) is 2.36. The van der Waals surface area contributed by atoms with Gasteiger partial charge in [-0.3, -0.25) is 4.79 Å². The van der Waals surface area contributed by atoms with Crippen LogP contribution in [-0.2, 0) is 4.79 Å². The van der Waals surface area contributed by atoms with E-state index in [1.54, 1.807) is 11.3 Å². The summed E-state index contributed by atoms with van der Waals surface area (Å²) in [5.74, 6) is -0.867. The van der Waals surface area contributed by atoms with Gasteiger partial charge in [0, 0.05) is 20.0 Å². The predicted molar refractivity (Wildman–Crippen MR) is 65.2 cm³/mol. The maximum absolute atomic E-state index is 10.3. The van der Waals surface area contributed by atoms with Gasteiger partial charge in [0.1, 0.15) is 0 Å². The number of anilines is 1. The summed E-state index contributed by atoms with van der Waals surface area (Å²) in [6, 6.07) is 2.03. The highest BCUT2D eigenvalue weighted by Gasteiger charge is 2.12. The summed E-state index contributed by atoms with van der Waals surface area (Å²) in [6.07, 6.45) is -0.287. The molecule has 4 nitrogen and oxygen atoms in total. The van der Waals surface area contributed by atoms with Gasteiger partial charge in [0.15, 0.2) is 0 Å². The summed E-state index contributed by atoms with van der Waals surface area (Å²) in [5, 5.41) is 21.3. The topological polar surface area (TPSA) is 60.8 Å². The van der Waals surface area contributed by atoms with E-state index in [2.05, 4.69) is 0 Å². The first-order valence-corrected chi connectivity index (χ1v) is 6.03. The Kier molecular flexibility index (Phi) is 4.76. The van der Waals surface area contributed by atoms with Gasteiger partial charge in [0.05, 0.1) is 11.1 Å². The molecule has 1 aromatic rings. The van der Waals surface area contributed by atoms with E-state index in [4.69, 9.17) is 5.11 Å². The number of aliphatic hydroxyl groups excluding tert-OH is 1. The normalized spacial score (nSPS) is 12.4. The van der Waals surface area contributed by atoms with E-state index < -0.39 is 12.1 Å². The van der Waals surface area contributed by atoms with Gasteiger partial charge < -0.3 is 15.1 Å². The van der Waals surface area contributed by atoms with Crippen LogP contribution in [0.4, 0.5) is 5.00 Å². The summed E-state index contributed by atoms with van der Waals surface area (Å²) in [6.45, 7) is 2.49. The van der Waals surface area contributed by atoms with Crippen LogP contribution in [0, 0.1) is 6.92 Å². The lowest BCUT2D eigenvalue weighted by Crippen LogP contribution is -2.29. The van der Waals surface area contributed by atoms with E-state index in [-0.39, 0.29) is 6.42 Å². The highest BCUT2D eigenvalue weighted by atomic mass is 32.1. The number of carbonyl (C=O) groups is 1. The Morgan fingerprint density at radius 1 is 1.62 bits per heavy atom. The molecule has 0 fully saturated rings. The van der Waals surface area contributed by atoms with E-state index in [9.17, 15) is 9.90 Å². The zero-order valence-corrected chi connectivity index (χ0v) is 10.3. The molecular formula is C11H17NO3S. The smallest absolute Gasteiger partial charge is 0.303 e. The number of rotatable bonds is 6. The van der Waals surface area contributed by atoms with Gasteiger partial charge in [0.2, 0.25) is 0 Å². The molecule has 2 N–H and O–H groups in total. The lowest BCUT2D eigenvalue weighted by Gasteiger charge is -2.21. The molecule has 0 aliphatic heterocycles. The molecule has 0 spiro atoms. The molecule has 1 aromatic heterocycles. The first-order valence-electron chi connectivity index (χ1n) is 5.15. The van der Waals surface area contributed by atoms with Crippen molar-refractivity contribution in [1.82, 2.24) is 0 Å². The van der Waals surface area contributed by atoms with Crippen LogP contribution in [0.1, 0.15) is 18.4 Å². The van der Waals surface area contributed by atoms with Crippen molar-refractivity contribution in [3.05, 3.63) is 17.0 Å². The molecule has 1 rings (SSSR count). The first-order chi connectivity index (χ1) is 7.50. The van der Waals surface area contributed by atoms with Crippen LogP contribution < -0.4 is 4.90 Å². The van der Waals surface area contributed by atoms with E-state index in [1.165, 1.54) is 5.56 Å². The summed E-state index contributed by atoms with van der Waals surface area (Å²) in [5.41, 5.74) is 1.18. The van der Waals surface area contributed by atoms with Crippen molar-refractivity contribution in [2.45, 2.75) is 25.9 Å². The minimum Gasteiger partial charge on any atom is -0.481 e. The molecule has 0 aromatic carbocycles. The lowest BCUT2D eigenvalue weighted by molar-refractivity contribution is -0.137. The molecule has 90 valence electrons. The van der Waals surface area contributed by atoms with Crippen molar-refractivity contribution in [3.8, 4) is 0 Å². The number of nitrogens with zero attached hydrogens (tertiary/aromatic N) is 1. The van der Waals surface area contributed by atoms with Crippen LogP contribution in [0.25, 0.3) is 0 Å². The fourth-order valence-corrected chi connectivity index (χ4v) is 2.45. The molecule has 1 atom stereocenters. The van der Waals surface area contributed by atoms with Crippen LogP contribution in [0.2, 0.25) is 0 Å². The summed E-state index contributed by atoms with van der Waals surface area (Å²) < 4.78 is 0. The Hall–Kier alpha value is -1.07. The van der Waals surface area contributed by atoms with Crippen LogP contribution in [0.15, 0.2) is 11.4 Å². The van der Waals surface area contributed by atoms with Crippen LogP contribution in [-0.4, -0.2) is 35.9 Å². The third kappa shape index (κ3) is 3.83. The summed E-state index contributed by atoms with van der Waals surface area (Å²) in [7, 11) is 1.91. The van der Waals surface area contributed by atoms with Gasteiger partial charge in [-0.25, -0.2) is 0 Å². The minimum absolute atomic E-state index is 0.0123. The van der Waals surface area contributed by atoms with E-state index in [1.807, 2.05) is 30.3 Å². The molecular weight excluding hydrogens is 226 g/mol. The Morgan fingerprint density at radius 2 is 2.31 bits per heavy atom. The molecule has 1 unspecified atom stereocenters. The number of aliphatic carboxylic acids is 1. The van der Waals surface area contributed by atoms with Gasteiger partial charge in [-0.05, 0) is 30.4 Å². The second-order valence-corrected chi connectivity index (χ2v) is 4.77. The highest BCUT2D eigenvalue weighted by Crippen LogP contribution is 2.25. The quantitative estimate of drug-likeness (QED) is 0.798. The standard InChI is InChI=1S/C11H17NO3S/c1-8-5-6-16-11(8)12(2)7-9(13)3-4-10(14)15/h5-6,9,13H,3-4,7H2,1-2H3,(H,14,15). The summed E-state index contributed by atoms with van der Waals surface area (Å²) in [4.78, 5) is 12.3. The molecule has 0 radical (unpaired) electrons. The van der Waals surface area contributed by atoms with Crippen molar-refractivity contribution in [2.24, 2.45) is 0 Å². The lowest BCUT2D eigenvalue weighted by atomic mass is 10.2. The number of hydrogen-bond donors (Lipinski definition) is 2. The van der Waals surface area contributed by atoms with E-state index >= 15 is 0 Å². The highest BCUT2D eigenvalue weighted by molar-refractivity contribution is 7.14. The molecule has 0 aliphatic carbocycles. The van der Waals surface area contributed by atoms with E-state index in [0.717, 1.165) is 5.00 Å². The Bertz CT molecular complexity index is 351. The molecule has 16 heavy (non-hydrogen) atoms. The number of carboxylic acid groups (broad SMARTS) is 1. The van der Waals surface area contributed by atoms with Gasteiger partial charge in [-0.15, -0.1) is 11.3 Å². The molecule has 0 saturated carbocycles. The van der Waals surface area contributed by atoms with Crippen LogP contribution in [0.5, 0.6) is 0 Å². The van der Waals surface area contributed by atoms with Gasteiger partial charge >= 0.3 is 5.97 Å². The second-order valence-electron chi connectivity index (χ2n) is 3.88. The van der Waals surface area contributed by atoms with Crippen LogP contribution >= 0.6 is 11.3 Å². The Balaban J connectivity index is 2.42. The van der Waals surface area contributed by atoms with Crippen molar-refractivity contribution >= 4 is 22.3 Å². The number of thiophene rings is 1. The van der Waals surface area contributed by atoms with Gasteiger partial charge in [0.25, 0.3) is 0 Å². The fraction of sp³-hybridized carbons (Fsp3) is 0.545. The number of likely N-dealkylation sites (N-methyl/N-ethyl adjacent to an activating group) is 1. The maximum Gasteiger partial charge on any atom is 0.303 e. The molecule has 0 amide bonds.